The van der Waals surface area contributed by atoms with Gasteiger partial charge in [-0.25, -0.2) is 0 Å². The molecule has 1 atom stereocenters. The fraction of sp³-hybridized carbons (Fsp3) is 0.364. The number of esters is 1. The van der Waals surface area contributed by atoms with E-state index in [1.807, 2.05) is 6.92 Å². The summed E-state index contributed by atoms with van der Waals surface area (Å²) in [6.07, 6.45) is 1.84. The standard InChI is InChI=1S/C11H14N2O3S/c1-7(5-10(14)16-2)17-8-3-4-13-9(6-8)11(12)15/h3-4,6-7H,5H2,1-2H3,(H2,12,15). The van der Waals surface area contributed by atoms with E-state index in [9.17, 15) is 9.59 Å². The molecule has 92 valence electrons. The number of pyridine rings is 1. The van der Waals surface area contributed by atoms with E-state index in [0.29, 0.717) is 6.42 Å². The molecule has 0 bridgehead atoms. The van der Waals surface area contributed by atoms with Crippen LogP contribution in [-0.4, -0.2) is 29.2 Å². The summed E-state index contributed by atoms with van der Waals surface area (Å²) in [5.74, 6) is -0.817. The van der Waals surface area contributed by atoms with Gasteiger partial charge >= 0.3 is 5.97 Å². The number of rotatable bonds is 5. The Bertz CT molecular complexity index is 423. The second-order valence-electron chi connectivity index (χ2n) is 3.45. The lowest BCUT2D eigenvalue weighted by molar-refractivity contribution is -0.140. The second kappa shape index (κ2) is 6.24. The Morgan fingerprint density at radius 1 is 1.59 bits per heavy atom. The molecule has 5 nitrogen and oxygen atoms in total. The molecule has 0 aliphatic carbocycles. The Morgan fingerprint density at radius 3 is 2.88 bits per heavy atom. The highest BCUT2D eigenvalue weighted by molar-refractivity contribution is 8.00. The lowest BCUT2D eigenvalue weighted by atomic mass is 10.3. The molecule has 1 aromatic rings. The number of hydrogen-bond donors (Lipinski definition) is 1. The van der Waals surface area contributed by atoms with Crippen LogP contribution in [0.1, 0.15) is 23.8 Å². The van der Waals surface area contributed by atoms with Crippen molar-refractivity contribution in [2.75, 3.05) is 7.11 Å². The van der Waals surface area contributed by atoms with Gasteiger partial charge in [0.2, 0.25) is 0 Å². The third-order valence-electron chi connectivity index (χ3n) is 2.00. The zero-order valence-corrected chi connectivity index (χ0v) is 10.5. The highest BCUT2D eigenvalue weighted by Gasteiger charge is 2.11. The van der Waals surface area contributed by atoms with E-state index in [1.54, 1.807) is 12.1 Å². The molecule has 0 aliphatic rings. The maximum Gasteiger partial charge on any atom is 0.306 e. The number of nitrogens with zero attached hydrogens (tertiary/aromatic N) is 1. The molecule has 1 rings (SSSR count). The van der Waals surface area contributed by atoms with E-state index in [2.05, 4.69) is 9.72 Å². The lowest BCUT2D eigenvalue weighted by Gasteiger charge is -2.09. The van der Waals surface area contributed by atoms with Crippen molar-refractivity contribution in [1.29, 1.82) is 0 Å². The van der Waals surface area contributed by atoms with Gasteiger partial charge in [-0.3, -0.25) is 14.6 Å². The third-order valence-corrected chi connectivity index (χ3v) is 3.10. The van der Waals surface area contributed by atoms with Crippen molar-refractivity contribution in [2.45, 2.75) is 23.5 Å². The van der Waals surface area contributed by atoms with Gasteiger partial charge in [0.05, 0.1) is 13.5 Å². The number of aromatic nitrogens is 1. The van der Waals surface area contributed by atoms with Gasteiger partial charge in [0.15, 0.2) is 0 Å². The quantitative estimate of drug-likeness (QED) is 0.631. The van der Waals surface area contributed by atoms with Gasteiger partial charge in [-0.15, -0.1) is 11.8 Å². The summed E-state index contributed by atoms with van der Waals surface area (Å²) in [5.41, 5.74) is 5.35. The molecular formula is C11H14N2O3S. The Labute approximate surface area is 104 Å². The summed E-state index contributed by atoms with van der Waals surface area (Å²) in [6, 6.07) is 3.38. The van der Waals surface area contributed by atoms with Crippen molar-refractivity contribution < 1.29 is 14.3 Å². The zero-order valence-electron chi connectivity index (χ0n) is 9.67. The predicted molar refractivity (Wildman–Crippen MR) is 64.7 cm³/mol. The first kappa shape index (κ1) is 13.5. The minimum atomic E-state index is -0.562. The van der Waals surface area contributed by atoms with E-state index < -0.39 is 5.91 Å². The van der Waals surface area contributed by atoms with Crippen LogP contribution in [0.4, 0.5) is 0 Å². The number of carbonyl (C=O) groups excluding carboxylic acids is 2. The third kappa shape index (κ3) is 4.44. The van der Waals surface area contributed by atoms with Crippen molar-refractivity contribution in [3.8, 4) is 0 Å². The Hall–Kier alpha value is -1.56. The van der Waals surface area contributed by atoms with E-state index in [4.69, 9.17) is 5.73 Å². The topological polar surface area (TPSA) is 82.3 Å². The molecule has 6 heteroatoms. The molecular weight excluding hydrogens is 240 g/mol. The van der Waals surface area contributed by atoms with Gasteiger partial charge in [0, 0.05) is 16.3 Å². The molecule has 1 amide bonds. The van der Waals surface area contributed by atoms with E-state index >= 15 is 0 Å². The maximum absolute atomic E-state index is 11.1. The summed E-state index contributed by atoms with van der Waals surface area (Å²) in [6.45, 7) is 1.91. The normalized spacial score (nSPS) is 11.9. The predicted octanol–water partition coefficient (Wildman–Crippen LogP) is 1.22. The van der Waals surface area contributed by atoms with Crippen LogP contribution < -0.4 is 5.73 Å². The highest BCUT2D eigenvalue weighted by Crippen LogP contribution is 2.25. The molecule has 0 aromatic carbocycles. The number of hydrogen-bond acceptors (Lipinski definition) is 5. The van der Waals surface area contributed by atoms with Crippen molar-refractivity contribution >= 4 is 23.6 Å². The Morgan fingerprint density at radius 2 is 2.29 bits per heavy atom. The summed E-state index contributed by atoms with van der Waals surface area (Å²) < 4.78 is 4.58. The van der Waals surface area contributed by atoms with Crippen LogP contribution in [0.25, 0.3) is 0 Å². The minimum Gasteiger partial charge on any atom is -0.469 e. The van der Waals surface area contributed by atoms with Gasteiger partial charge in [-0.05, 0) is 12.1 Å². The molecule has 17 heavy (non-hydrogen) atoms. The molecule has 0 radical (unpaired) electrons. The highest BCUT2D eigenvalue weighted by atomic mass is 32.2. The number of amides is 1. The Balaban J connectivity index is 2.65. The first-order valence-electron chi connectivity index (χ1n) is 5.02. The smallest absolute Gasteiger partial charge is 0.306 e. The number of carbonyl (C=O) groups is 2. The number of primary amides is 1. The van der Waals surface area contributed by atoms with Crippen LogP contribution >= 0.6 is 11.8 Å². The summed E-state index contributed by atoms with van der Waals surface area (Å²) in [7, 11) is 1.36. The SMILES string of the molecule is COC(=O)CC(C)Sc1ccnc(C(N)=O)c1. The molecule has 0 fully saturated rings. The second-order valence-corrected chi connectivity index (χ2v) is 4.96. The first-order valence-corrected chi connectivity index (χ1v) is 5.90. The average molecular weight is 254 g/mol. The minimum absolute atomic E-state index is 0.0607. The maximum atomic E-state index is 11.1. The van der Waals surface area contributed by atoms with Crippen molar-refractivity contribution in [2.24, 2.45) is 5.73 Å². The Kier molecular flexibility index (Phi) is 4.96. The summed E-state index contributed by atoms with van der Waals surface area (Å²) in [4.78, 5) is 26.7. The molecule has 0 saturated carbocycles. The molecule has 2 N–H and O–H groups in total. The molecule has 1 aromatic heterocycles. The number of methoxy groups -OCH3 is 1. The van der Waals surface area contributed by atoms with Crippen LogP contribution in [0.3, 0.4) is 0 Å². The molecule has 0 spiro atoms. The number of nitrogens with two attached hydrogens (primary N) is 1. The largest absolute Gasteiger partial charge is 0.469 e. The zero-order chi connectivity index (χ0) is 12.8. The number of ether oxygens (including phenoxy) is 1. The van der Waals surface area contributed by atoms with Crippen molar-refractivity contribution in [3.05, 3.63) is 24.0 Å². The lowest BCUT2D eigenvalue weighted by Crippen LogP contribution is -2.13. The van der Waals surface area contributed by atoms with Crippen molar-refractivity contribution in [3.63, 3.8) is 0 Å². The fourth-order valence-corrected chi connectivity index (χ4v) is 2.21. The van der Waals surface area contributed by atoms with E-state index in [0.717, 1.165) is 4.90 Å². The van der Waals surface area contributed by atoms with Crippen LogP contribution in [0.15, 0.2) is 23.2 Å². The van der Waals surface area contributed by atoms with Gasteiger partial charge in [0.25, 0.3) is 5.91 Å². The van der Waals surface area contributed by atoms with E-state index in [-0.39, 0.29) is 16.9 Å². The van der Waals surface area contributed by atoms with E-state index in [1.165, 1.54) is 25.1 Å². The van der Waals surface area contributed by atoms with Gasteiger partial charge in [-0.2, -0.15) is 0 Å². The monoisotopic (exact) mass is 254 g/mol. The van der Waals surface area contributed by atoms with Crippen LogP contribution in [0, 0.1) is 0 Å². The van der Waals surface area contributed by atoms with Crippen LogP contribution in [0.5, 0.6) is 0 Å². The molecule has 0 saturated heterocycles. The summed E-state index contributed by atoms with van der Waals surface area (Å²) in [5, 5.41) is 0.0607. The van der Waals surface area contributed by atoms with Crippen LogP contribution in [0.2, 0.25) is 0 Å². The van der Waals surface area contributed by atoms with Gasteiger partial charge in [0.1, 0.15) is 5.69 Å². The first-order chi connectivity index (χ1) is 8.02. The summed E-state index contributed by atoms with van der Waals surface area (Å²) >= 11 is 1.47. The van der Waals surface area contributed by atoms with Gasteiger partial charge < -0.3 is 10.5 Å². The van der Waals surface area contributed by atoms with Crippen molar-refractivity contribution in [1.82, 2.24) is 4.98 Å². The average Bonchev–Trinajstić information content (AvgIpc) is 2.28. The molecule has 1 unspecified atom stereocenters. The molecule has 0 aliphatic heterocycles. The number of thioether (sulfide) groups is 1. The fourth-order valence-electron chi connectivity index (χ4n) is 1.21. The molecule has 1 heterocycles. The van der Waals surface area contributed by atoms with Crippen LogP contribution in [-0.2, 0) is 9.53 Å². The van der Waals surface area contributed by atoms with Gasteiger partial charge in [-0.1, -0.05) is 6.92 Å².